The molecule has 0 aliphatic carbocycles. The van der Waals surface area contributed by atoms with Gasteiger partial charge in [-0.1, -0.05) is 24.3 Å². The van der Waals surface area contributed by atoms with Crippen LogP contribution in [0.1, 0.15) is 44.4 Å². The summed E-state index contributed by atoms with van der Waals surface area (Å²) in [7, 11) is 1.99. The van der Waals surface area contributed by atoms with Crippen molar-refractivity contribution in [1.29, 1.82) is 0 Å². The standard InChI is InChI=1S/C28H32BF3N2O4/c1-26(2)27(3,4)38-29(37-26)24-15-25(33-16-23(24)28(30,31)32)34(17-19-7-11-21(35-5)12-8-19)18-20-9-13-22(36-6)14-10-20/h7-16H,17-18H2,1-6H3. The lowest BCUT2D eigenvalue weighted by Crippen LogP contribution is -2.41. The summed E-state index contributed by atoms with van der Waals surface area (Å²) < 4.78 is 64.7. The molecule has 0 saturated carbocycles. The van der Waals surface area contributed by atoms with Gasteiger partial charge in [0.1, 0.15) is 17.3 Å². The molecule has 4 rings (SSSR count). The maximum Gasteiger partial charge on any atom is 0.495 e. The van der Waals surface area contributed by atoms with E-state index in [4.69, 9.17) is 18.8 Å². The number of rotatable bonds is 8. The number of aromatic nitrogens is 1. The molecule has 0 atom stereocenters. The van der Waals surface area contributed by atoms with E-state index in [0.717, 1.165) is 17.3 Å². The first kappa shape index (κ1) is 27.8. The fourth-order valence-electron chi connectivity index (χ4n) is 4.15. The van der Waals surface area contributed by atoms with E-state index in [9.17, 15) is 13.2 Å². The van der Waals surface area contributed by atoms with E-state index in [1.807, 2.05) is 81.1 Å². The summed E-state index contributed by atoms with van der Waals surface area (Å²) in [4.78, 5) is 6.17. The van der Waals surface area contributed by atoms with Crippen LogP contribution in [0.2, 0.25) is 0 Å². The second-order valence-corrected chi connectivity index (χ2v) is 10.3. The van der Waals surface area contributed by atoms with Crippen LogP contribution < -0.4 is 19.8 Å². The van der Waals surface area contributed by atoms with Crippen molar-refractivity contribution < 1.29 is 32.0 Å². The van der Waals surface area contributed by atoms with E-state index < -0.39 is 30.1 Å². The largest absolute Gasteiger partial charge is 0.497 e. The number of methoxy groups -OCH3 is 2. The Morgan fingerprint density at radius 1 is 0.816 bits per heavy atom. The average Bonchev–Trinajstić information content (AvgIpc) is 3.10. The monoisotopic (exact) mass is 528 g/mol. The summed E-state index contributed by atoms with van der Waals surface area (Å²) >= 11 is 0. The smallest absolute Gasteiger partial charge is 0.495 e. The molecular weight excluding hydrogens is 496 g/mol. The van der Waals surface area contributed by atoms with Crippen LogP contribution in [0, 0.1) is 0 Å². The number of benzene rings is 2. The predicted molar refractivity (Wildman–Crippen MR) is 141 cm³/mol. The van der Waals surface area contributed by atoms with E-state index in [0.29, 0.717) is 30.4 Å². The van der Waals surface area contributed by atoms with Crippen molar-refractivity contribution in [3.63, 3.8) is 0 Å². The Morgan fingerprint density at radius 2 is 1.26 bits per heavy atom. The van der Waals surface area contributed by atoms with Gasteiger partial charge in [-0.25, -0.2) is 4.98 Å². The minimum Gasteiger partial charge on any atom is -0.497 e. The zero-order valence-electron chi connectivity index (χ0n) is 22.4. The van der Waals surface area contributed by atoms with Crippen LogP contribution in [-0.4, -0.2) is 37.5 Å². The van der Waals surface area contributed by atoms with Crippen LogP contribution in [0.15, 0.2) is 60.8 Å². The third kappa shape index (κ3) is 5.91. The second kappa shape index (κ2) is 10.5. The highest BCUT2D eigenvalue weighted by molar-refractivity contribution is 6.62. The van der Waals surface area contributed by atoms with Crippen molar-refractivity contribution in [1.82, 2.24) is 4.98 Å². The minimum atomic E-state index is -4.62. The highest BCUT2D eigenvalue weighted by Gasteiger charge is 2.54. The molecular formula is C28H32BF3N2O4. The molecule has 0 spiro atoms. The minimum absolute atomic E-state index is 0.101. The Hall–Kier alpha value is -3.24. The number of anilines is 1. The van der Waals surface area contributed by atoms with E-state index in [1.54, 1.807) is 14.2 Å². The van der Waals surface area contributed by atoms with Crippen molar-refractivity contribution in [2.45, 2.75) is 58.2 Å². The van der Waals surface area contributed by atoms with E-state index in [1.165, 1.54) is 6.07 Å². The number of ether oxygens (including phenoxy) is 2. The molecule has 0 bridgehead atoms. The molecule has 3 aromatic rings. The van der Waals surface area contributed by atoms with Crippen LogP contribution in [0.5, 0.6) is 11.5 Å². The Morgan fingerprint density at radius 3 is 1.66 bits per heavy atom. The molecule has 10 heteroatoms. The van der Waals surface area contributed by atoms with Gasteiger partial charge in [0.25, 0.3) is 0 Å². The number of hydrogen-bond donors (Lipinski definition) is 0. The van der Waals surface area contributed by atoms with Crippen LogP contribution in [0.3, 0.4) is 0 Å². The zero-order chi connectivity index (χ0) is 27.7. The van der Waals surface area contributed by atoms with Gasteiger partial charge < -0.3 is 23.7 Å². The lowest BCUT2D eigenvalue weighted by molar-refractivity contribution is -0.137. The first-order chi connectivity index (χ1) is 17.8. The van der Waals surface area contributed by atoms with Crippen LogP contribution >= 0.6 is 0 Å². The quantitative estimate of drug-likeness (QED) is 0.354. The van der Waals surface area contributed by atoms with Crippen LogP contribution in [0.25, 0.3) is 0 Å². The molecule has 1 aliphatic heterocycles. The molecule has 202 valence electrons. The topological polar surface area (TPSA) is 53.1 Å². The van der Waals surface area contributed by atoms with Crippen molar-refractivity contribution in [3.05, 3.63) is 77.5 Å². The molecule has 38 heavy (non-hydrogen) atoms. The van der Waals surface area contributed by atoms with Crippen LogP contribution in [-0.2, 0) is 28.6 Å². The highest BCUT2D eigenvalue weighted by Crippen LogP contribution is 2.38. The second-order valence-electron chi connectivity index (χ2n) is 10.3. The summed E-state index contributed by atoms with van der Waals surface area (Å²) in [6.07, 6.45) is -3.76. The maximum atomic E-state index is 14.1. The summed E-state index contributed by atoms with van der Waals surface area (Å²) in [6.45, 7) is 8.03. The number of nitrogens with zero attached hydrogens (tertiary/aromatic N) is 2. The Bertz CT molecular complexity index is 1180. The number of hydrogen-bond acceptors (Lipinski definition) is 6. The summed E-state index contributed by atoms with van der Waals surface area (Å²) in [5.74, 6) is 1.80. The van der Waals surface area contributed by atoms with Gasteiger partial charge in [0.05, 0.1) is 31.0 Å². The fourth-order valence-corrected chi connectivity index (χ4v) is 4.15. The average molecular weight is 528 g/mol. The highest BCUT2D eigenvalue weighted by atomic mass is 19.4. The van der Waals surface area contributed by atoms with Crippen LogP contribution in [0.4, 0.5) is 19.0 Å². The number of alkyl halides is 3. The van der Waals surface area contributed by atoms with E-state index in [-0.39, 0.29) is 5.46 Å². The molecule has 1 aromatic heterocycles. The van der Waals surface area contributed by atoms with Gasteiger partial charge in [0, 0.05) is 19.3 Å². The predicted octanol–water partition coefficient (Wildman–Crippen LogP) is 5.62. The van der Waals surface area contributed by atoms with Gasteiger partial charge in [-0.3, -0.25) is 0 Å². The summed E-state index contributed by atoms with van der Waals surface area (Å²) in [5, 5.41) is 0. The normalized spacial score (nSPS) is 16.4. The SMILES string of the molecule is COc1ccc(CN(Cc2ccc(OC)cc2)c2cc(B3OC(C)(C)C(C)(C)O3)c(C(F)(F)F)cn2)cc1. The number of halogens is 3. The number of pyridine rings is 1. The first-order valence-corrected chi connectivity index (χ1v) is 12.3. The Balaban J connectivity index is 1.75. The van der Waals surface area contributed by atoms with Crippen molar-refractivity contribution in [2.24, 2.45) is 0 Å². The Labute approximate surface area is 221 Å². The van der Waals surface area contributed by atoms with E-state index >= 15 is 0 Å². The third-order valence-corrected chi connectivity index (χ3v) is 7.12. The summed E-state index contributed by atoms with van der Waals surface area (Å²) in [5.41, 5.74) is -0.688. The Kier molecular flexibility index (Phi) is 7.68. The molecule has 0 N–H and O–H groups in total. The van der Waals surface area contributed by atoms with Gasteiger partial charge in [-0.2, -0.15) is 13.2 Å². The zero-order valence-corrected chi connectivity index (χ0v) is 22.4. The fraction of sp³-hybridized carbons (Fsp3) is 0.393. The van der Waals surface area contributed by atoms with Crippen molar-refractivity contribution in [3.8, 4) is 11.5 Å². The molecule has 1 aliphatic rings. The lowest BCUT2D eigenvalue weighted by atomic mass is 9.76. The van der Waals surface area contributed by atoms with Gasteiger partial charge in [-0.15, -0.1) is 0 Å². The summed E-state index contributed by atoms with van der Waals surface area (Å²) in [6, 6.07) is 16.5. The van der Waals surface area contributed by atoms with Gasteiger partial charge in [-0.05, 0) is 74.6 Å². The molecule has 1 fully saturated rings. The molecule has 6 nitrogen and oxygen atoms in total. The van der Waals surface area contributed by atoms with Crippen molar-refractivity contribution in [2.75, 3.05) is 19.1 Å². The molecule has 2 aromatic carbocycles. The molecule has 1 saturated heterocycles. The maximum absolute atomic E-state index is 14.1. The molecule has 0 unspecified atom stereocenters. The first-order valence-electron chi connectivity index (χ1n) is 12.3. The molecule has 0 radical (unpaired) electrons. The third-order valence-electron chi connectivity index (χ3n) is 7.12. The van der Waals surface area contributed by atoms with Gasteiger partial charge >= 0.3 is 13.3 Å². The lowest BCUT2D eigenvalue weighted by Gasteiger charge is -2.32. The van der Waals surface area contributed by atoms with Crippen molar-refractivity contribution >= 4 is 18.4 Å². The van der Waals surface area contributed by atoms with E-state index in [2.05, 4.69) is 4.98 Å². The van der Waals surface area contributed by atoms with Gasteiger partial charge in [0.2, 0.25) is 0 Å². The molecule has 0 amide bonds. The van der Waals surface area contributed by atoms with Gasteiger partial charge in [0.15, 0.2) is 0 Å². The molecule has 2 heterocycles.